The van der Waals surface area contributed by atoms with Gasteiger partial charge in [-0.2, -0.15) is 0 Å². The zero-order valence-electron chi connectivity index (χ0n) is 17.3. The molecule has 0 radical (unpaired) electrons. The van der Waals surface area contributed by atoms with Gasteiger partial charge >= 0.3 is 0 Å². The maximum absolute atomic E-state index is 12.6. The van der Waals surface area contributed by atoms with Crippen LogP contribution in [0.1, 0.15) is 24.5 Å². The molecule has 2 N–H and O–H groups in total. The zero-order chi connectivity index (χ0) is 21.4. The van der Waals surface area contributed by atoms with Crippen molar-refractivity contribution in [3.05, 3.63) is 52.5 Å². The minimum atomic E-state index is -0.220. The van der Waals surface area contributed by atoms with E-state index in [0.29, 0.717) is 23.0 Å². The molecule has 0 bridgehead atoms. The molecule has 0 saturated heterocycles. The van der Waals surface area contributed by atoms with Crippen LogP contribution in [-0.2, 0) is 9.59 Å². The van der Waals surface area contributed by atoms with E-state index in [1.807, 2.05) is 49.9 Å². The number of carbonyl (C=O) groups is 2. The van der Waals surface area contributed by atoms with Crippen molar-refractivity contribution in [1.29, 1.82) is 0 Å². The van der Waals surface area contributed by atoms with Gasteiger partial charge in [-0.1, -0.05) is 36.7 Å². The normalized spacial score (nSPS) is 10.7. The van der Waals surface area contributed by atoms with Crippen molar-refractivity contribution in [1.82, 2.24) is 4.90 Å². The van der Waals surface area contributed by atoms with Gasteiger partial charge in [0.1, 0.15) is 5.75 Å². The first-order valence-corrected chi connectivity index (χ1v) is 9.93. The van der Waals surface area contributed by atoms with Crippen LogP contribution in [0.2, 0.25) is 5.02 Å². The number of hydrogen-bond acceptors (Lipinski definition) is 4. The van der Waals surface area contributed by atoms with Crippen LogP contribution in [-0.4, -0.2) is 43.5 Å². The third-order valence-electron chi connectivity index (χ3n) is 4.45. The summed E-state index contributed by atoms with van der Waals surface area (Å²) < 4.78 is 5.30. The smallest absolute Gasteiger partial charge is 0.238 e. The van der Waals surface area contributed by atoms with E-state index >= 15 is 0 Å². The van der Waals surface area contributed by atoms with Crippen LogP contribution in [0.15, 0.2) is 36.4 Å². The van der Waals surface area contributed by atoms with Crippen LogP contribution in [0.3, 0.4) is 0 Å². The maximum Gasteiger partial charge on any atom is 0.238 e. The van der Waals surface area contributed by atoms with Crippen LogP contribution in [0, 0.1) is 13.8 Å². The summed E-state index contributed by atoms with van der Waals surface area (Å²) in [5.41, 5.74) is 3.16. The van der Waals surface area contributed by atoms with E-state index < -0.39 is 0 Å². The molecule has 156 valence electrons. The molecule has 6 nitrogen and oxygen atoms in total. The second-order valence-electron chi connectivity index (χ2n) is 6.92. The molecule has 2 amide bonds. The fourth-order valence-electron chi connectivity index (χ4n) is 2.96. The van der Waals surface area contributed by atoms with Crippen molar-refractivity contribution in [2.24, 2.45) is 0 Å². The molecule has 2 rings (SSSR count). The number of halogens is 1. The van der Waals surface area contributed by atoms with E-state index in [2.05, 4.69) is 10.6 Å². The standard InChI is InChI=1S/C22H28ClN3O3/c1-5-10-26(13-21(27)24-18-9-7-6-8-15(18)2)14-22(28)25-19-11-16(3)17(23)12-20(19)29-4/h6-9,11-12H,5,10,13-14H2,1-4H3,(H,24,27)(H,25,28). The predicted molar refractivity (Wildman–Crippen MR) is 118 cm³/mol. The van der Waals surface area contributed by atoms with Gasteiger partial charge in [-0.05, 0) is 50.1 Å². The first kappa shape index (κ1) is 22.7. The van der Waals surface area contributed by atoms with E-state index in [0.717, 1.165) is 23.2 Å². The highest BCUT2D eigenvalue weighted by atomic mass is 35.5. The molecule has 0 fully saturated rings. The summed E-state index contributed by atoms with van der Waals surface area (Å²) in [5.74, 6) is 0.121. The molecule has 2 aromatic rings. The third kappa shape index (κ3) is 6.76. The average molecular weight is 418 g/mol. The number of rotatable bonds is 9. The first-order chi connectivity index (χ1) is 13.8. The summed E-state index contributed by atoms with van der Waals surface area (Å²) in [4.78, 5) is 26.9. The lowest BCUT2D eigenvalue weighted by atomic mass is 10.2. The summed E-state index contributed by atoms with van der Waals surface area (Å²) >= 11 is 6.12. The molecule has 0 aromatic heterocycles. The van der Waals surface area contributed by atoms with Crippen molar-refractivity contribution >= 4 is 34.8 Å². The highest BCUT2D eigenvalue weighted by Crippen LogP contribution is 2.30. The summed E-state index contributed by atoms with van der Waals surface area (Å²) in [6.07, 6.45) is 0.828. The van der Waals surface area contributed by atoms with Gasteiger partial charge in [0, 0.05) is 16.8 Å². The lowest BCUT2D eigenvalue weighted by Gasteiger charge is -2.21. The topological polar surface area (TPSA) is 70.7 Å². The van der Waals surface area contributed by atoms with E-state index in [4.69, 9.17) is 16.3 Å². The molecular weight excluding hydrogens is 390 g/mol. The largest absolute Gasteiger partial charge is 0.495 e. The summed E-state index contributed by atoms with van der Waals surface area (Å²) in [7, 11) is 1.52. The van der Waals surface area contributed by atoms with E-state index in [1.54, 1.807) is 12.1 Å². The Hall–Kier alpha value is -2.57. The second-order valence-corrected chi connectivity index (χ2v) is 7.33. The van der Waals surface area contributed by atoms with Gasteiger partial charge in [-0.3, -0.25) is 14.5 Å². The van der Waals surface area contributed by atoms with E-state index in [1.165, 1.54) is 7.11 Å². The number of methoxy groups -OCH3 is 1. The Kier molecular flexibility index (Phi) is 8.49. The van der Waals surface area contributed by atoms with Gasteiger partial charge in [0.25, 0.3) is 0 Å². The predicted octanol–water partition coefficient (Wildman–Crippen LogP) is 4.25. The fourth-order valence-corrected chi connectivity index (χ4v) is 3.11. The minimum absolute atomic E-state index is 0.0971. The van der Waals surface area contributed by atoms with Crippen molar-refractivity contribution < 1.29 is 14.3 Å². The Morgan fingerprint density at radius 3 is 2.21 bits per heavy atom. The summed E-state index contributed by atoms with van der Waals surface area (Å²) in [6, 6.07) is 11.0. The number of nitrogens with one attached hydrogen (secondary N) is 2. The lowest BCUT2D eigenvalue weighted by Crippen LogP contribution is -2.39. The van der Waals surface area contributed by atoms with Gasteiger partial charge in [-0.15, -0.1) is 0 Å². The summed E-state index contributed by atoms with van der Waals surface area (Å²) in [6.45, 7) is 6.67. The van der Waals surface area contributed by atoms with Gasteiger partial charge in [-0.25, -0.2) is 0 Å². The quantitative estimate of drug-likeness (QED) is 0.639. The Labute approximate surface area is 177 Å². The summed E-state index contributed by atoms with van der Waals surface area (Å²) in [5, 5.41) is 6.33. The molecule has 2 aromatic carbocycles. The number of benzene rings is 2. The Morgan fingerprint density at radius 1 is 1.00 bits per heavy atom. The Bertz CT molecular complexity index is 870. The zero-order valence-corrected chi connectivity index (χ0v) is 18.1. The number of carbonyl (C=O) groups excluding carboxylic acids is 2. The number of nitrogens with zero attached hydrogens (tertiary/aromatic N) is 1. The number of aryl methyl sites for hydroxylation is 2. The molecule has 0 saturated carbocycles. The van der Waals surface area contributed by atoms with Gasteiger partial charge in [0.05, 0.1) is 25.9 Å². The van der Waals surface area contributed by atoms with Crippen molar-refractivity contribution in [3.63, 3.8) is 0 Å². The maximum atomic E-state index is 12.6. The fraction of sp³-hybridized carbons (Fsp3) is 0.364. The molecule has 0 unspecified atom stereocenters. The van der Waals surface area contributed by atoms with E-state index in [9.17, 15) is 9.59 Å². The van der Waals surface area contributed by atoms with Crippen molar-refractivity contribution in [2.75, 3.05) is 37.4 Å². The van der Waals surface area contributed by atoms with Gasteiger partial charge in [0.15, 0.2) is 0 Å². The third-order valence-corrected chi connectivity index (χ3v) is 4.86. The number of amides is 2. The van der Waals surface area contributed by atoms with Crippen LogP contribution in [0.4, 0.5) is 11.4 Å². The second kappa shape index (κ2) is 10.8. The molecule has 29 heavy (non-hydrogen) atoms. The van der Waals surface area contributed by atoms with Crippen LogP contribution in [0.5, 0.6) is 5.75 Å². The average Bonchev–Trinajstić information content (AvgIpc) is 2.66. The SMILES string of the molecule is CCCN(CC(=O)Nc1ccccc1C)CC(=O)Nc1cc(C)c(Cl)cc1OC. The molecular formula is C22H28ClN3O3. The highest BCUT2D eigenvalue weighted by molar-refractivity contribution is 6.31. The molecule has 0 atom stereocenters. The van der Waals surface area contributed by atoms with Crippen LogP contribution in [0.25, 0.3) is 0 Å². The van der Waals surface area contributed by atoms with Crippen molar-refractivity contribution in [3.8, 4) is 5.75 Å². The van der Waals surface area contributed by atoms with E-state index in [-0.39, 0.29) is 24.9 Å². The monoisotopic (exact) mass is 417 g/mol. The molecule has 0 heterocycles. The Balaban J connectivity index is 2.01. The molecule has 0 aliphatic heterocycles. The lowest BCUT2D eigenvalue weighted by molar-refractivity contribution is -0.120. The molecule has 0 spiro atoms. The molecule has 0 aliphatic rings. The number of para-hydroxylation sites is 1. The van der Waals surface area contributed by atoms with Gasteiger partial charge in [0.2, 0.25) is 11.8 Å². The molecule has 0 aliphatic carbocycles. The minimum Gasteiger partial charge on any atom is -0.495 e. The van der Waals surface area contributed by atoms with Crippen LogP contribution < -0.4 is 15.4 Å². The Morgan fingerprint density at radius 2 is 1.62 bits per heavy atom. The van der Waals surface area contributed by atoms with Crippen molar-refractivity contribution in [2.45, 2.75) is 27.2 Å². The van der Waals surface area contributed by atoms with Crippen LogP contribution >= 0.6 is 11.6 Å². The number of hydrogen-bond donors (Lipinski definition) is 2. The number of anilines is 2. The molecule has 7 heteroatoms. The number of ether oxygens (including phenoxy) is 1. The first-order valence-electron chi connectivity index (χ1n) is 9.55. The highest BCUT2D eigenvalue weighted by Gasteiger charge is 2.16. The van der Waals surface area contributed by atoms with Gasteiger partial charge < -0.3 is 15.4 Å².